The molecule has 7 heteroatoms. The zero-order valence-corrected chi connectivity index (χ0v) is 11.7. The Morgan fingerprint density at radius 1 is 1.32 bits per heavy atom. The van der Waals surface area contributed by atoms with Crippen molar-refractivity contribution >= 4 is 5.97 Å². The minimum absolute atomic E-state index is 0.307. The highest BCUT2D eigenvalue weighted by molar-refractivity contribution is 5.78. The minimum Gasteiger partial charge on any atom is -0.480 e. The van der Waals surface area contributed by atoms with Crippen LogP contribution in [0.25, 0.3) is 0 Å². The zero-order chi connectivity index (χ0) is 15.1. The van der Waals surface area contributed by atoms with Gasteiger partial charge in [-0.05, 0) is 46.3 Å². The smallest absolute Gasteiger partial charge is 0.401 e. The lowest BCUT2D eigenvalue weighted by Gasteiger charge is -2.26. The topological polar surface area (TPSA) is 52.6 Å². The summed E-state index contributed by atoms with van der Waals surface area (Å²) < 4.78 is 36.2. The number of carboxylic acid groups (broad SMARTS) is 1. The number of carbonyl (C=O) groups is 1. The molecule has 0 heterocycles. The van der Waals surface area contributed by atoms with Gasteiger partial charge in [-0.25, -0.2) is 0 Å². The van der Waals surface area contributed by atoms with Crippen molar-refractivity contribution in [1.82, 2.24) is 10.2 Å². The average molecular weight is 284 g/mol. The van der Waals surface area contributed by atoms with E-state index in [1.807, 2.05) is 6.92 Å². The van der Waals surface area contributed by atoms with E-state index in [9.17, 15) is 18.0 Å². The fraction of sp³-hybridized carbons (Fsp3) is 0.917. The number of nitrogens with zero attached hydrogens (tertiary/aromatic N) is 1. The largest absolute Gasteiger partial charge is 0.480 e. The summed E-state index contributed by atoms with van der Waals surface area (Å²) in [5.41, 5.74) is -1.00. The van der Waals surface area contributed by atoms with Crippen LogP contribution >= 0.6 is 0 Å². The SMILES string of the molecule is CCNC(C)(CCCCN(C)CC(F)(F)F)C(=O)O. The number of nitrogens with one attached hydrogen (secondary N) is 1. The number of halogens is 3. The van der Waals surface area contributed by atoms with Crippen LogP contribution in [0.2, 0.25) is 0 Å². The first-order valence-electron chi connectivity index (χ1n) is 6.34. The first kappa shape index (κ1) is 18.2. The van der Waals surface area contributed by atoms with Crippen LogP contribution in [0, 0.1) is 0 Å². The molecule has 0 fully saturated rings. The van der Waals surface area contributed by atoms with Crippen LogP contribution in [-0.4, -0.2) is 54.4 Å². The molecule has 1 unspecified atom stereocenters. The Balaban J connectivity index is 3.99. The highest BCUT2D eigenvalue weighted by Gasteiger charge is 2.31. The monoisotopic (exact) mass is 284 g/mol. The van der Waals surface area contributed by atoms with Gasteiger partial charge in [0.05, 0.1) is 6.54 Å². The van der Waals surface area contributed by atoms with E-state index >= 15 is 0 Å². The molecule has 0 aliphatic heterocycles. The van der Waals surface area contributed by atoms with Gasteiger partial charge in [0.1, 0.15) is 5.54 Å². The Labute approximate surface area is 112 Å². The van der Waals surface area contributed by atoms with Gasteiger partial charge in [-0.15, -0.1) is 0 Å². The van der Waals surface area contributed by atoms with Gasteiger partial charge in [0.25, 0.3) is 0 Å². The van der Waals surface area contributed by atoms with Crippen LogP contribution in [0.1, 0.15) is 33.1 Å². The molecule has 0 aromatic heterocycles. The van der Waals surface area contributed by atoms with Gasteiger partial charge in [0.15, 0.2) is 0 Å². The van der Waals surface area contributed by atoms with E-state index in [0.29, 0.717) is 32.4 Å². The first-order chi connectivity index (χ1) is 8.60. The molecule has 4 nitrogen and oxygen atoms in total. The molecule has 0 aromatic rings. The molecule has 0 spiro atoms. The van der Waals surface area contributed by atoms with E-state index in [1.54, 1.807) is 6.92 Å². The van der Waals surface area contributed by atoms with Gasteiger partial charge in [-0.2, -0.15) is 13.2 Å². The molecule has 0 aliphatic carbocycles. The summed E-state index contributed by atoms with van der Waals surface area (Å²) in [5.74, 6) is -0.932. The number of alkyl halides is 3. The van der Waals surface area contributed by atoms with E-state index < -0.39 is 24.2 Å². The standard InChI is InChI=1S/C12H23F3N2O2/c1-4-16-11(2,10(18)19)7-5-6-8-17(3)9-12(13,14)15/h16H,4-9H2,1-3H3,(H,18,19). The summed E-state index contributed by atoms with van der Waals surface area (Å²) in [5, 5.41) is 12.0. The van der Waals surface area contributed by atoms with E-state index in [1.165, 1.54) is 11.9 Å². The molecule has 0 bridgehead atoms. The molecular formula is C12H23F3N2O2. The van der Waals surface area contributed by atoms with Gasteiger partial charge in [-0.3, -0.25) is 9.69 Å². The molecule has 0 saturated carbocycles. The summed E-state index contributed by atoms with van der Waals surface area (Å²) in [6, 6.07) is 0. The van der Waals surface area contributed by atoms with Crippen molar-refractivity contribution in [3.63, 3.8) is 0 Å². The number of hydrogen-bond acceptors (Lipinski definition) is 3. The van der Waals surface area contributed by atoms with Crippen LogP contribution in [0.3, 0.4) is 0 Å². The Bertz CT molecular complexity index is 285. The predicted molar refractivity (Wildman–Crippen MR) is 67.1 cm³/mol. The van der Waals surface area contributed by atoms with Gasteiger partial charge >= 0.3 is 12.1 Å². The van der Waals surface area contributed by atoms with Gasteiger partial charge in [0, 0.05) is 0 Å². The van der Waals surface area contributed by atoms with Crippen molar-refractivity contribution < 1.29 is 23.1 Å². The summed E-state index contributed by atoms with van der Waals surface area (Å²) in [6.07, 6.45) is -2.68. The van der Waals surface area contributed by atoms with Crippen LogP contribution in [0.4, 0.5) is 13.2 Å². The Hall–Kier alpha value is -0.820. The maximum absolute atomic E-state index is 12.1. The lowest BCUT2D eigenvalue weighted by Crippen LogP contribution is -2.49. The highest BCUT2D eigenvalue weighted by atomic mass is 19.4. The average Bonchev–Trinajstić information content (AvgIpc) is 2.22. The Kier molecular flexibility index (Phi) is 7.36. The molecule has 19 heavy (non-hydrogen) atoms. The van der Waals surface area contributed by atoms with Crippen molar-refractivity contribution in [3.8, 4) is 0 Å². The predicted octanol–water partition coefficient (Wildman–Crippen LogP) is 2.10. The van der Waals surface area contributed by atoms with Gasteiger partial charge < -0.3 is 10.4 Å². The maximum atomic E-state index is 12.1. The van der Waals surface area contributed by atoms with Crippen molar-refractivity contribution in [2.45, 2.75) is 44.8 Å². The first-order valence-corrected chi connectivity index (χ1v) is 6.34. The third kappa shape index (κ3) is 8.05. The van der Waals surface area contributed by atoms with E-state index in [4.69, 9.17) is 5.11 Å². The zero-order valence-electron chi connectivity index (χ0n) is 11.7. The van der Waals surface area contributed by atoms with Crippen LogP contribution < -0.4 is 5.32 Å². The molecule has 0 radical (unpaired) electrons. The number of rotatable bonds is 9. The van der Waals surface area contributed by atoms with Crippen LogP contribution in [0.5, 0.6) is 0 Å². The number of hydrogen-bond donors (Lipinski definition) is 2. The van der Waals surface area contributed by atoms with Crippen molar-refractivity contribution in [2.24, 2.45) is 0 Å². The number of carboxylic acids is 1. The van der Waals surface area contributed by atoms with E-state index in [-0.39, 0.29) is 0 Å². The lowest BCUT2D eigenvalue weighted by molar-refractivity contribution is -0.144. The molecule has 114 valence electrons. The molecule has 0 saturated heterocycles. The Morgan fingerprint density at radius 2 is 1.89 bits per heavy atom. The van der Waals surface area contributed by atoms with Crippen LogP contribution in [-0.2, 0) is 4.79 Å². The third-order valence-electron chi connectivity index (χ3n) is 2.95. The fourth-order valence-electron chi connectivity index (χ4n) is 1.91. The lowest BCUT2D eigenvalue weighted by atomic mass is 9.95. The molecule has 1 atom stereocenters. The molecule has 0 aromatic carbocycles. The van der Waals surface area contributed by atoms with Crippen LogP contribution in [0.15, 0.2) is 0 Å². The van der Waals surface area contributed by atoms with Crippen molar-refractivity contribution in [1.29, 1.82) is 0 Å². The molecule has 0 amide bonds. The second-order valence-electron chi connectivity index (χ2n) is 4.98. The maximum Gasteiger partial charge on any atom is 0.401 e. The van der Waals surface area contributed by atoms with Crippen molar-refractivity contribution in [2.75, 3.05) is 26.7 Å². The summed E-state index contributed by atoms with van der Waals surface area (Å²) in [7, 11) is 1.41. The normalized spacial score (nSPS) is 15.5. The second kappa shape index (κ2) is 7.69. The molecule has 2 N–H and O–H groups in total. The number of aliphatic carboxylic acids is 1. The fourth-order valence-corrected chi connectivity index (χ4v) is 1.91. The van der Waals surface area contributed by atoms with Gasteiger partial charge in [-0.1, -0.05) is 6.92 Å². The third-order valence-corrected chi connectivity index (χ3v) is 2.95. The van der Waals surface area contributed by atoms with Crippen molar-refractivity contribution in [3.05, 3.63) is 0 Å². The van der Waals surface area contributed by atoms with E-state index in [0.717, 1.165) is 0 Å². The minimum atomic E-state index is -4.19. The molecule has 0 aliphatic rings. The van der Waals surface area contributed by atoms with Gasteiger partial charge in [0.2, 0.25) is 0 Å². The summed E-state index contributed by atoms with van der Waals surface area (Å²) in [6.45, 7) is 3.32. The quantitative estimate of drug-likeness (QED) is 0.637. The Morgan fingerprint density at radius 3 is 2.32 bits per heavy atom. The number of likely N-dealkylation sites (N-methyl/N-ethyl adjacent to an activating group) is 1. The number of unbranched alkanes of at least 4 members (excludes halogenated alkanes) is 1. The highest BCUT2D eigenvalue weighted by Crippen LogP contribution is 2.17. The summed E-state index contributed by atoms with van der Waals surface area (Å²) in [4.78, 5) is 12.3. The molecular weight excluding hydrogens is 261 g/mol. The molecule has 0 rings (SSSR count). The van der Waals surface area contributed by atoms with E-state index in [2.05, 4.69) is 5.32 Å². The summed E-state index contributed by atoms with van der Waals surface area (Å²) >= 11 is 0. The second-order valence-corrected chi connectivity index (χ2v) is 4.98.